The maximum Gasteiger partial charge on any atom is 0.417 e. The smallest absolute Gasteiger partial charge is 0.378 e. The molecule has 8 heteroatoms. The summed E-state index contributed by atoms with van der Waals surface area (Å²) in [6.45, 7) is 0.628. The topological polar surface area (TPSA) is 56.3 Å². The maximum atomic E-state index is 12.4. The molecule has 2 rings (SSSR count). The Morgan fingerprint density at radius 3 is 2.60 bits per heavy atom. The van der Waals surface area contributed by atoms with Crippen molar-refractivity contribution in [2.24, 2.45) is 0 Å². The van der Waals surface area contributed by atoms with Gasteiger partial charge in [-0.15, -0.1) is 0 Å². The van der Waals surface area contributed by atoms with E-state index in [1.807, 2.05) is 0 Å². The first kappa shape index (κ1) is 15.2. The van der Waals surface area contributed by atoms with Gasteiger partial charge in [-0.1, -0.05) is 0 Å². The molecular weight excluding hydrogens is 295 g/mol. The fraction of sp³-hybridized carbons (Fsp3) is 0.583. The largest absolute Gasteiger partial charge is 0.417 e. The van der Waals surface area contributed by atoms with Crippen LogP contribution in [0.4, 0.5) is 13.2 Å². The van der Waals surface area contributed by atoms with Gasteiger partial charge in [-0.3, -0.25) is 0 Å². The number of halogens is 3. The minimum atomic E-state index is -4.52. The van der Waals surface area contributed by atoms with Crippen LogP contribution >= 0.6 is 0 Å². The summed E-state index contributed by atoms with van der Waals surface area (Å²) in [5.41, 5.74) is -0.962. The molecule has 4 nitrogen and oxygen atoms in total. The van der Waals surface area contributed by atoms with E-state index in [9.17, 15) is 21.6 Å². The van der Waals surface area contributed by atoms with Crippen LogP contribution in [0.2, 0.25) is 0 Å². The Morgan fingerprint density at radius 1 is 1.35 bits per heavy atom. The van der Waals surface area contributed by atoms with Gasteiger partial charge in [0.2, 0.25) is 0 Å². The van der Waals surface area contributed by atoms with Crippen molar-refractivity contribution in [3.05, 3.63) is 23.9 Å². The van der Waals surface area contributed by atoms with Gasteiger partial charge in [0, 0.05) is 12.8 Å². The van der Waals surface area contributed by atoms with Crippen LogP contribution in [0.1, 0.15) is 24.8 Å². The first-order chi connectivity index (χ1) is 9.29. The summed E-state index contributed by atoms with van der Waals surface area (Å²) >= 11 is 0. The van der Waals surface area contributed by atoms with Crippen LogP contribution in [0, 0.1) is 0 Å². The van der Waals surface area contributed by atoms with Crippen molar-refractivity contribution in [1.82, 2.24) is 4.98 Å². The van der Waals surface area contributed by atoms with Crippen LogP contribution in [-0.2, 0) is 20.8 Å². The third-order valence-electron chi connectivity index (χ3n) is 3.11. The third kappa shape index (κ3) is 3.69. The number of alkyl halides is 3. The molecule has 1 saturated heterocycles. The summed E-state index contributed by atoms with van der Waals surface area (Å²) in [6, 6.07) is 1.62. The lowest BCUT2D eigenvalue weighted by Crippen LogP contribution is -2.16. The highest BCUT2D eigenvalue weighted by Gasteiger charge is 2.31. The van der Waals surface area contributed by atoms with Gasteiger partial charge >= 0.3 is 6.18 Å². The highest BCUT2D eigenvalue weighted by molar-refractivity contribution is 7.91. The van der Waals surface area contributed by atoms with E-state index in [0.29, 0.717) is 19.2 Å². The van der Waals surface area contributed by atoms with Crippen molar-refractivity contribution < 1.29 is 26.3 Å². The molecule has 0 saturated carbocycles. The Kier molecular flexibility index (Phi) is 4.33. The number of hydrogen-bond donors (Lipinski definition) is 0. The van der Waals surface area contributed by atoms with E-state index in [1.165, 1.54) is 0 Å². The molecule has 2 heterocycles. The van der Waals surface area contributed by atoms with Crippen molar-refractivity contribution in [1.29, 1.82) is 0 Å². The lowest BCUT2D eigenvalue weighted by molar-refractivity contribution is -0.137. The molecule has 20 heavy (non-hydrogen) atoms. The maximum absolute atomic E-state index is 12.4. The summed E-state index contributed by atoms with van der Waals surface area (Å²) < 4.78 is 66.3. The molecule has 0 N–H and O–H groups in total. The van der Waals surface area contributed by atoms with Crippen molar-refractivity contribution >= 4 is 9.84 Å². The molecule has 1 aromatic heterocycles. The van der Waals surface area contributed by atoms with Gasteiger partial charge in [0.25, 0.3) is 0 Å². The Morgan fingerprint density at radius 2 is 2.10 bits per heavy atom. The Labute approximate surface area is 114 Å². The van der Waals surface area contributed by atoms with Gasteiger partial charge < -0.3 is 4.74 Å². The molecule has 0 amide bonds. The second kappa shape index (κ2) is 5.69. The Bertz CT molecular complexity index is 548. The minimum Gasteiger partial charge on any atom is -0.378 e. The van der Waals surface area contributed by atoms with Crippen molar-refractivity contribution in [2.45, 2.75) is 36.6 Å². The molecule has 1 aliphatic rings. The summed E-state index contributed by atoms with van der Waals surface area (Å²) in [5.74, 6) is -0.171. The van der Waals surface area contributed by atoms with E-state index >= 15 is 0 Å². The molecule has 0 bridgehead atoms. The van der Waals surface area contributed by atoms with Gasteiger partial charge in [0.15, 0.2) is 14.9 Å². The normalized spacial score (nSPS) is 20.2. The number of hydrogen-bond acceptors (Lipinski definition) is 4. The second-order valence-corrected chi connectivity index (χ2v) is 6.68. The highest BCUT2D eigenvalue weighted by atomic mass is 32.2. The first-order valence-electron chi connectivity index (χ1n) is 6.17. The van der Waals surface area contributed by atoms with E-state index in [1.54, 1.807) is 0 Å². The first-order valence-corrected chi connectivity index (χ1v) is 7.82. The molecule has 0 aromatic carbocycles. The summed E-state index contributed by atoms with van der Waals surface area (Å²) in [5, 5.41) is -0.330. The van der Waals surface area contributed by atoms with E-state index in [0.717, 1.165) is 25.0 Å². The fourth-order valence-corrected chi connectivity index (χ4v) is 3.27. The van der Waals surface area contributed by atoms with Crippen LogP contribution in [0.15, 0.2) is 23.4 Å². The van der Waals surface area contributed by atoms with Crippen molar-refractivity contribution in [3.8, 4) is 0 Å². The average molecular weight is 309 g/mol. The van der Waals surface area contributed by atoms with E-state index in [2.05, 4.69) is 4.98 Å². The Hall–Kier alpha value is -1.15. The summed E-state index contributed by atoms with van der Waals surface area (Å²) in [6.07, 6.45) is -2.00. The lowest BCUT2D eigenvalue weighted by atomic mass is 10.2. The van der Waals surface area contributed by atoms with Crippen LogP contribution in [0.25, 0.3) is 0 Å². The monoisotopic (exact) mass is 309 g/mol. The van der Waals surface area contributed by atoms with Crippen molar-refractivity contribution in [2.75, 3.05) is 12.4 Å². The third-order valence-corrected chi connectivity index (χ3v) is 4.77. The van der Waals surface area contributed by atoms with Crippen LogP contribution in [0.3, 0.4) is 0 Å². The van der Waals surface area contributed by atoms with E-state index < -0.39 is 21.6 Å². The predicted molar refractivity (Wildman–Crippen MR) is 64.9 cm³/mol. The molecule has 1 fully saturated rings. The molecule has 1 aromatic rings. The minimum absolute atomic E-state index is 0.0841. The highest BCUT2D eigenvalue weighted by Crippen LogP contribution is 2.29. The SMILES string of the molecule is O=S(=O)(CCC1CCCO1)c1ccc(C(F)(F)F)cn1. The zero-order valence-electron chi connectivity index (χ0n) is 10.6. The number of rotatable bonds is 4. The molecule has 1 unspecified atom stereocenters. The number of pyridine rings is 1. The quantitative estimate of drug-likeness (QED) is 0.857. The lowest BCUT2D eigenvalue weighted by Gasteiger charge is -2.10. The average Bonchev–Trinajstić information content (AvgIpc) is 2.89. The van der Waals surface area contributed by atoms with E-state index in [-0.39, 0.29) is 16.9 Å². The molecule has 0 spiro atoms. The molecule has 112 valence electrons. The van der Waals surface area contributed by atoms with Crippen LogP contribution in [-0.4, -0.2) is 31.9 Å². The molecule has 1 atom stereocenters. The van der Waals surface area contributed by atoms with Crippen molar-refractivity contribution in [3.63, 3.8) is 0 Å². The fourth-order valence-electron chi connectivity index (χ4n) is 2.00. The van der Waals surface area contributed by atoms with Gasteiger partial charge in [0.05, 0.1) is 17.4 Å². The molecule has 0 radical (unpaired) electrons. The predicted octanol–water partition coefficient (Wildman–Crippen LogP) is 2.44. The molecule has 1 aliphatic heterocycles. The van der Waals surface area contributed by atoms with Gasteiger partial charge in [-0.2, -0.15) is 13.2 Å². The van der Waals surface area contributed by atoms with Gasteiger partial charge in [0.1, 0.15) is 0 Å². The Balaban J connectivity index is 2.05. The van der Waals surface area contributed by atoms with Crippen LogP contribution < -0.4 is 0 Å². The zero-order valence-corrected chi connectivity index (χ0v) is 11.4. The summed E-state index contributed by atoms with van der Waals surface area (Å²) in [4.78, 5) is 3.41. The number of sulfone groups is 1. The number of nitrogens with zero attached hydrogens (tertiary/aromatic N) is 1. The van der Waals surface area contributed by atoms with Gasteiger partial charge in [-0.25, -0.2) is 13.4 Å². The molecular formula is C12H14F3NO3S. The molecule has 0 aliphatic carbocycles. The summed E-state index contributed by atoms with van der Waals surface area (Å²) in [7, 11) is -3.67. The second-order valence-electron chi connectivity index (χ2n) is 4.63. The zero-order chi connectivity index (χ0) is 14.8. The van der Waals surface area contributed by atoms with Crippen LogP contribution in [0.5, 0.6) is 0 Å². The number of aromatic nitrogens is 1. The van der Waals surface area contributed by atoms with Gasteiger partial charge in [-0.05, 0) is 31.4 Å². The van der Waals surface area contributed by atoms with E-state index in [4.69, 9.17) is 4.74 Å². The number of ether oxygens (including phenoxy) is 1. The standard InChI is InChI=1S/C12H14F3NO3S/c13-12(14,15)9-3-4-11(16-8-9)20(17,18)7-5-10-2-1-6-19-10/h3-4,8,10H,1-2,5-7H2.